The molecule has 2 aliphatic heterocycles. The second kappa shape index (κ2) is 4.16. The van der Waals surface area contributed by atoms with Crippen LogP contribution in [0.15, 0.2) is 10.8 Å². The van der Waals surface area contributed by atoms with Crippen molar-refractivity contribution >= 4 is 17.6 Å². The SMILES string of the molecule is O=CC1CCC(N2Cc3cscc3O2)CN1. The predicted octanol–water partition coefficient (Wildman–Crippen LogP) is 1.18. The van der Waals surface area contributed by atoms with E-state index in [1.54, 1.807) is 11.3 Å². The largest absolute Gasteiger partial charge is 0.404 e. The number of hydroxylamine groups is 2. The number of carbonyl (C=O) groups is 1. The Morgan fingerprint density at radius 1 is 1.50 bits per heavy atom. The summed E-state index contributed by atoms with van der Waals surface area (Å²) < 4.78 is 0. The smallest absolute Gasteiger partial charge is 0.162 e. The van der Waals surface area contributed by atoms with E-state index < -0.39 is 0 Å². The van der Waals surface area contributed by atoms with Gasteiger partial charge in [-0.25, -0.2) is 0 Å². The number of aldehydes is 1. The first-order valence-electron chi connectivity index (χ1n) is 5.55. The molecule has 0 saturated carbocycles. The van der Waals surface area contributed by atoms with Gasteiger partial charge >= 0.3 is 0 Å². The second-order valence-corrected chi connectivity index (χ2v) is 5.05. The number of fused-ring (bicyclic) bond motifs is 1. The lowest BCUT2D eigenvalue weighted by Crippen LogP contribution is -2.49. The van der Waals surface area contributed by atoms with Crippen molar-refractivity contribution in [3.63, 3.8) is 0 Å². The zero-order valence-corrected chi connectivity index (χ0v) is 9.70. The summed E-state index contributed by atoms with van der Waals surface area (Å²) in [6.45, 7) is 1.70. The Morgan fingerprint density at radius 2 is 2.44 bits per heavy atom. The third-order valence-electron chi connectivity index (χ3n) is 3.24. The molecule has 1 fully saturated rings. The molecule has 1 aromatic heterocycles. The summed E-state index contributed by atoms with van der Waals surface area (Å²) in [5.74, 6) is 1.00. The average Bonchev–Trinajstić information content (AvgIpc) is 2.89. The Morgan fingerprint density at radius 3 is 3.12 bits per heavy atom. The number of nitrogens with zero attached hydrogens (tertiary/aromatic N) is 1. The molecular formula is C11H14N2O2S. The third-order valence-corrected chi connectivity index (χ3v) is 4.01. The Balaban J connectivity index is 1.60. The highest BCUT2D eigenvalue weighted by molar-refractivity contribution is 7.08. The van der Waals surface area contributed by atoms with Gasteiger partial charge in [-0.05, 0) is 18.2 Å². The van der Waals surface area contributed by atoms with E-state index in [9.17, 15) is 4.79 Å². The van der Waals surface area contributed by atoms with E-state index in [4.69, 9.17) is 4.84 Å². The van der Waals surface area contributed by atoms with Crippen LogP contribution in [-0.2, 0) is 11.3 Å². The van der Waals surface area contributed by atoms with Gasteiger partial charge < -0.3 is 14.9 Å². The normalized spacial score (nSPS) is 29.8. The van der Waals surface area contributed by atoms with Crippen molar-refractivity contribution in [2.45, 2.75) is 31.5 Å². The lowest BCUT2D eigenvalue weighted by molar-refractivity contribution is -0.113. The van der Waals surface area contributed by atoms with Crippen molar-refractivity contribution in [1.82, 2.24) is 10.4 Å². The maximum atomic E-state index is 10.6. The number of hydrogen-bond acceptors (Lipinski definition) is 5. The fraction of sp³-hybridized carbons (Fsp3) is 0.545. The molecule has 0 amide bonds. The standard InChI is InChI=1S/C11H14N2O2S/c14-5-9-1-2-10(3-12-9)13-4-8-6-16-7-11(8)15-13/h5-7,9-10,12H,1-4H2. The first-order valence-corrected chi connectivity index (χ1v) is 6.49. The lowest BCUT2D eigenvalue weighted by Gasteiger charge is -2.32. The molecule has 86 valence electrons. The molecular weight excluding hydrogens is 224 g/mol. The minimum absolute atomic E-state index is 0.0346. The molecule has 16 heavy (non-hydrogen) atoms. The van der Waals surface area contributed by atoms with Crippen LogP contribution < -0.4 is 10.2 Å². The summed E-state index contributed by atoms with van der Waals surface area (Å²) >= 11 is 1.68. The van der Waals surface area contributed by atoms with Crippen molar-refractivity contribution in [2.24, 2.45) is 0 Å². The van der Waals surface area contributed by atoms with Crippen LogP contribution in [0.2, 0.25) is 0 Å². The van der Waals surface area contributed by atoms with Crippen molar-refractivity contribution in [3.05, 3.63) is 16.3 Å². The molecule has 0 aliphatic carbocycles. The topological polar surface area (TPSA) is 41.6 Å². The molecule has 0 aromatic carbocycles. The van der Waals surface area contributed by atoms with Gasteiger partial charge in [-0.15, -0.1) is 16.4 Å². The highest BCUT2D eigenvalue weighted by atomic mass is 32.1. The van der Waals surface area contributed by atoms with Gasteiger partial charge in [0.25, 0.3) is 0 Å². The summed E-state index contributed by atoms with van der Waals surface area (Å²) in [6.07, 6.45) is 2.92. The molecule has 0 radical (unpaired) electrons. The minimum Gasteiger partial charge on any atom is -0.404 e. The number of hydrogen-bond donors (Lipinski definition) is 1. The number of nitrogens with one attached hydrogen (secondary N) is 1. The van der Waals surface area contributed by atoms with Crippen molar-refractivity contribution in [1.29, 1.82) is 0 Å². The van der Waals surface area contributed by atoms with Gasteiger partial charge in [-0.3, -0.25) is 0 Å². The second-order valence-electron chi connectivity index (χ2n) is 4.31. The monoisotopic (exact) mass is 238 g/mol. The lowest BCUT2D eigenvalue weighted by atomic mass is 10.0. The zero-order chi connectivity index (χ0) is 11.0. The zero-order valence-electron chi connectivity index (χ0n) is 8.89. The van der Waals surface area contributed by atoms with Gasteiger partial charge in [0.15, 0.2) is 5.75 Å². The van der Waals surface area contributed by atoms with Crippen LogP contribution in [0.5, 0.6) is 5.75 Å². The van der Waals surface area contributed by atoms with Crippen molar-refractivity contribution in [2.75, 3.05) is 6.54 Å². The van der Waals surface area contributed by atoms with E-state index in [2.05, 4.69) is 10.7 Å². The van der Waals surface area contributed by atoms with Gasteiger partial charge in [0.2, 0.25) is 0 Å². The molecule has 5 heteroatoms. The van der Waals surface area contributed by atoms with Crippen LogP contribution in [0.3, 0.4) is 0 Å². The summed E-state index contributed by atoms with van der Waals surface area (Å²) in [5, 5.41) is 9.44. The molecule has 0 spiro atoms. The van der Waals surface area contributed by atoms with E-state index in [-0.39, 0.29) is 6.04 Å². The van der Waals surface area contributed by atoms with Gasteiger partial charge in [-0.1, -0.05) is 0 Å². The Labute approximate surface area is 98.2 Å². The van der Waals surface area contributed by atoms with Gasteiger partial charge in [0.05, 0.1) is 18.6 Å². The van der Waals surface area contributed by atoms with E-state index >= 15 is 0 Å². The molecule has 4 nitrogen and oxygen atoms in total. The van der Waals surface area contributed by atoms with E-state index in [1.807, 2.05) is 10.4 Å². The van der Waals surface area contributed by atoms with Crippen LogP contribution in [0.4, 0.5) is 0 Å². The van der Waals surface area contributed by atoms with Gasteiger partial charge in [-0.2, -0.15) is 0 Å². The summed E-state index contributed by atoms with van der Waals surface area (Å²) in [5.41, 5.74) is 1.28. The quantitative estimate of drug-likeness (QED) is 0.786. The molecule has 1 N–H and O–H groups in total. The molecule has 3 rings (SSSR count). The summed E-state index contributed by atoms with van der Waals surface area (Å²) in [7, 11) is 0. The molecule has 1 aromatic rings. The van der Waals surface area contributed by atoms with Crippen LogP contribution in [0, 0.1) is 0 Å². The minimum atomic E-state index is 0.0346. The molecule has 2 unspecified atom stereocenters. The van der Waals surface area contributed by atoms with Crippen LogP contribution >= 0.6 is 11.3 Å². The number of piperidine rings is 1. The number of thiophene rings is 1. The number of carbonyl (C=O) groups excluding carboxylic acids is 1. The summed E-state index contributed by atoms with van der Waals surface area (Å²) in [4.78, 5) is 16.4. The van der Waals surface area contributed by atoms with E-state index in [0.717, 1.165) is 38.0 Å². The highest BCUT2D eigenvalue weighted by Crippen LogP contribution is 2.33. The molecule has 2 aliphatic rings. The van der Waals surface area contributed by atoms with Crippen molar-refractivity contribution < 1.29 is 9.63 Å². The van der Waals surface area contributed by atoms with Crippen LogP contribution in [0.25, 0.3) is 0 Å². The summed E-state index contributed by atoms with van der Waals surface area (Å²) in [6, 6.07) is 0.418. The number of rotatable bonds is 2. The molecule has 0 bridgehead atoms. The van der Waals surface area contributed by atoms with Crippen LogP contribution in [-0.4, -0.2) is 30.0 Å². The van der Waals surface area contributed by atoms with E-state index in [0.29, 0.717) is 6.04 Å². The van der Waals surface area contributed by atoms with Gasteiger partial charge in [0.1, 0.15) is 6.29 Å². The third kappa shape index (κ3) is 1.75. The Hall–Kier alpha value is -0.910. The molecule has 3 heterocycles. The fourth-order valence-corrected chi connectivity index (χ4v) is 3.00. The van der Waals surface area contributed by atoms with Crippen LogP contribution in [0.1, 0.15) is 18.4 Å². The Kier molecular flexibility index (Phi) is 2.67. The fourth-order valence-electron chi connectivity index (χ4n) is 2.26. The molecule has 2 atom stereocenters. The Bertz CT molecular complexity index is 365. The molecule has 1 saturated heterocycles. The predicted molar refractivity (Wildman–Crippen MR) is 61.4 cm³/mol. The maximum absolute atomic E-state index is 10.6. The first kappa shape index (κ1) is 10.3. The van der Waals surface area contributed by atoms with Gasteiger partial charge in [0, 0.05) is 17.5 Å². The van der Waals surface area contributed by atoms with E-state index in [1.165, 1.54) is 5.56 Å². The van der Waals surface area contributed by atoms with Crippen molar-refractivity contribution in [3.8, 4) is 5.75 Å². The first-order chi connectivity index (χ1) is 7.86. The maximum Gasteiger partial charge on any atom is 0.162 e. The average molecular weight is 238 g/mol. The highest BCUT2D eigenvalue weighted by Gasteiger charge is 2.31.